The summed E-state index contributed by atoms with van der Waals surface area (Å²) in [7, 11) is 0. The van der Waals surface area contributed by atoms with Gasteiger partial charge in [-0.25, -0.2) is 0 Å². The summed E-state index contributed by atoms with van der Waals surface area (Å²) >= 11 is 0. The van der Waals surface area contributed by atoms with E-state index in [2.05, 4.69) is 128 Å². The molecule has 6 rings (SSSR count). The van der Waals surface area contributed by atoms with E-state index in [4.69, 9.17) is 0 Å². The molecule has 5 aromatic carbocycles. The molecule has 0 bridgehead atoms. The summed E-state index contributed by atoms with van der Waals surface area (Å²) in [5, 5.41) is 6.50. The third-order valence-corrected chi connectivity index (χ3v) is 7.40. The van der Waals surface area contributed by atoms with Crippen molar-refractivity contribution in [3.63, 3.8) is 0 Å². The highest BCUT2D eigenvalue weighted by Gasteiger charge is 2.25. The van der Waals surface area contributed by atoms with Crippen LogP contribution in [0.2, 0.25) is 0 Å². The quantitative estimate of drug-likeness (QED) is 0.258. The van der Waals surface area contributed by atoms with Crippen molar-refractivity contribution in [3.05, 3.63) is 114 Å². The standard InChI is InChI=1S/C33H29N/c1-4-22(2)31-28-17-9-10-18-30(28)34(29-19-11-14-24-12-5-7-15-26(24)29)33(31)32-23(3)20-21-25-13-6-8-16-27(25)32/h5-22H,4H2,1-3H3. The summed E-state index contributed by atoms with van der Waals surface area (Å²) in [6.45, 7) is 6.93. The van der Waals surface area contributed by atoms with E-state index in [0.717, 1.165) is 6.42 Å². The molecule has 0 radical (unpaired) electrons. The molecule has 0 saturated carbocycles. The highest BCUT2D eigenvalue weighted by atomic mass is 15.0. The van der Waals surface area contributed by atoms with Gasteiger partial charge in [-0.3, -0.25) is 0 Å². The average Bonchev–Trinajstić information content (AvgIpc) is 3.22. The van der Waals surface area contributed by atoms with Gasteiger partial charge in [0.15, 0.2) is 0 Å². The molecule has 1 atom stereocenters. The Morgan fingerprint density at radius 3 is 2.03 bits per heavy atom. The summed E-state index contributed by atoms with van der Waals surface area (Å²) in [6, 6.07) is 37.7. The molecule has 0 saturated heterocycles. The molecule has 0 amide bonds. The van der Waals surface area contributed by atoms with Gasteiger partial charge in [0, 0.05) is 16.3 Å². The second-order valence-electron chi connectivity index (χ2n) is 9.40. The largest absolute Gasteiger partial charge is 0.308 e. The van der Waals surface area contributed by atoms with E-state index in [-0.39, 0.29) is 0 Å². The van der Waals surface area contributed by atoms with Gasteiger partial charge in [0.1, 0.15) is 0 Å². The lowest BCUT2D eigenvalue weighted by Gasteiger charge is -2.20. The van der Waals surface area contributed by atoms with E-state index in [1.165, 1.54) is 60.5 Å². The minimum absolute atomic E-state index is 0.439. The molecule has 6 aromatic rings. The maximum Gasteiger partial charge on any atom is 0.0584 e. The van der Waals surface area contributed by atoms with Crippen molar-refractivity contribution in [1.82, 2.24) is 4.57 Å². The van der Waals surface area contributed by atoms with Crippen molar-refractivity contribution in [2.45, 2.75) is 33.1 Å². The van der Waals surface area contributed by atoms with Gasteiger partial charge < -0.3 is 4.57 Å². The Bertz CT molecular complexity index is 1660. The molecular formula is C33H29N. The Balaban J connectivity index is 1.87. The lowest BCUT2D eigenvalue weighted by molar-refractivity contribution is 0.739. The van der Waals surface area contributed by atoms with Gasteiger partial charge in [-0.05, 0) is 58.7 Å². The average molecular weight is 440 g/mol. The summed E-state index contributed by atoms with van der Waals surface area (Å²) in [5.41, 5.74) is 7.96. The number of fused-ring (bicyclic) bond motifs is 3. The zero-order valence-electron chi connectivity index (χ0n) is 20.0. The smallest absolute Gasteiger partial charge is 0.0584 e. The van der Waals surface area contributed by atoms with Gasteiger partial charge in [0.05, 0.1) is 16.9 Å². The molecule has 0 aliphatic rings. The molecule has 0 N–H and O–H groups in total. The number of benzene rings is 5. The Hall–Kier alpha value is -3.84. The van der Waals surface area contributed by atoms with E-state index >= 15 is 0 Å². The fourth-order valence-corrected chi connectivity index (χ4v) is 5.56. The first-order valence-electron chi connectivity index (χ1n) is 12.3. The van der Waals surface area contributed by atoms with Crippen molar-refractivity contribution in [2.75, 3.05) is 0 Å². The number of aryl methyl sites for hydroxylation is 1. The molecule has 0 aliphatic carbocycles. The van der Waals surface area contributed by atoms with Crippen molar-refractivity contribution in [3.8, 4) is 16.9 Å². The van der Waals surface area contributed by atoms with E-state index < -0.39 is 0 Å². The predicted octanol–water partition coefficient (Wildman–Crippen LogP) is 9.43. The topological polar surface area (TPSA) is 4.93 Å². The number of aromatic nitrogens is 1. The SMILES string of the molecule is CCC(C)c1c(-c2c(C)ccc3ccccc23)n(-c2cccc3ccccc23)c2ccccc12. The van der Waals surface area contributed by atoms with Gasteiger partial charge >= 0.3 is 0 Å². The molecule has 0 aliphatic heterocycles. The number of rotatable bonds is 4. The Morgan fingerprint density at radius 2 is 1.26 bits per heavy atom. The van der Waals surface area contributed by atoms with Crippen LogP contribution in [0.15, 0.2) is 103 Å². The van der Waals surface area contributed by atoms with Crippen molar-refractivity contribution < 1.29 is 0 Å². The molecule has 1 nitrogen and oxygen atoms in total. The monoisotopic (exact) mass is 439 g/mol. The number of hydrogen-bond acceptors (Lipinski definition) is 0. The molecular weight excluding hydrogens is 410 g/mol. The van der Waals surface area contributed by atoms with Gasteiger partial charge in [-0.1, -0.05) is 105 Å². The van der Waals surface area contributed by atoms with Crippen LogP contribution in [0, 0.1) is 6.92 Å². The first-order chi connectivity index (χ1) is 16.7. The summed E-state index contributed by atoms with van der Waals surface area (Å²) in [5.74, 6) is 0.439. The summed E-state index contributed by atoms with van der Waals surface area (Å²) in [6.07, 6.45) is 1.10. The van der Waals surface area contributed by atoms with E-state index in [9.17, 15) is 0 Å². The normalized spacial score (nSPS) is 12.6. The van der Waals surface area contributed by atoms with Gasteiger partial charge in [-0.15, -0.1) is 0 Å². The lowest BCUT2D eigenvalue weighted by atomic mass is 9.89. The minimum Gasteiger partial charge on any atom is -0.308 e. The first kappa shape index (κ1) is 20.7. The van der Waals surface area contributed by atoms with Crippen LogP contribution < -0.4 is 0 Å². The van der Waals surface area contributed by atoms with Gasteiger partial charge in [0.25, 0.3) is 0 Å². The molecule has 34 heavy (non-hydrogen) atoms. The zero-order chi connectivity index (χ0) is 23.2. The van der Waals surface area contributed by atoms with E-state index in [1.54, 1.807) is 0 Å². The third-order valence-electron chi connectivity index (χ3n) is 7.40. The Kier molecular flexibility index (Phi) is 4.99. The van der Waals surface area contributed by atoms with Crippen molar-refractivity contribution in [1.29, 1.82) is 0 Å². The van der Waals surface area contributed by atoms with E-state index in [0.29, 0.717) is 5.92 Å². The third kappa shape index (κ3) is 3.08. The highest BCUT2D eigenvalue weighted by molar-refractivity contribution is 6.05. The maximum absolute atomic E-state index is 2.54. The molecule has 1 unspecified atom stereocenters. The number of hydrogen-bond donors (Lipinski definition) is 0. The molecule has 1 heterocycles. The van der Waals surface area contributed by atoms with Crippen LogP contribution in [-0.2, 0) is 0 Å². The first-order valence-corrected chi connectivity index (χ1v) is 12.3. The van der Waals surface area contributed by atoms with Crippen LogP contribution in [0.1, 0.15) is 37.3 Å². The van der Waals surface area contributed by atoms with Crippen LogP contribution in [0.25, 0.3) is 49.4 Å². The van der Waals surface area contributed by atoms with Crippen LogP contribution in [-0.4, -0.2) is 4.57 Å². The fourth-order valence-electron chi connectivity index (χ4n) is 5.56. The summed E-state index contributed by atoms with van der Waals surface area (Å²) < 4.78 is 2.54. The number of para-hydroxylation sites is 1. The predicted molar refractivity (Wildman–Crippen MR) is 147 cm³/mol. The fraction of sp³-hybridized carbons (Fsp3) is 0.152. The highest BCUT2D eigenvalue weighted by Crippen LogP contribution is 2.45. The molecule has 1 aromatic heterocycles. The van der Waals surface area contributed by atoms with Gasteiger partial charge in [-0.2, -0.15) is 0 Å². The molecule has 1 heteroatoms. The Labute approximate surface area is 201 Å². The molecule has 0 fully saturated rings. The zero-order valence-corrected chi connectivity index (χ0v) is 20.0. The molecule has 0 spiro atoms. The lowest BCUT2D eigenvalue weighted by Crippen LogP contribution is -2.03. The van der Waals surface area contributed by atoms with Gasteiger partial charge in [0.2, 0.25) is 0 Å². The molecule has 166 valence electrons. The Morgan fingerprint density at radius 1 is 0.647 bits per heavy atom. The van der Waals surface area contributed by atoms with Crippen molar-refractivity contribution >= 4 is 32.4 Å². The van der Waals surface area contributed by atoms with Crippen LogP contribution in [0.5, 0.6) is 0 Å². The summed E-state index contributed by atoms with van der Waals surface area (Å²) in [4.78, 5) is 0. The second-order valence-corrected chi connectivity index (χ2v) is 9.40. The second kappa shape index (κ2) is 8.18. The van der Waals surface area contributed by atoms with Crippen LogP contribution in [0.4, 0.5) is 0 Å². The van der Waals surface area contributed by atoms with Crippen LogP contribution >= 0.6 is 0 Å². The van der Waals surface area contributed by atoms with Crippen LogP contribution in [0.3, 0.4) is 0 Å². The van der Waals surface area contributed by atoms with E-state index in [1.807, 2.05) is 0 Å². The van der Waals surface area contributed by atoms with Crippen molar-refractivity contribution in [2.24, 2.45) is 0 Å². The maximum atomic E-state index is 2.54. The number of nitrogens with zero attached hydrogens (tertiary/aromatic N) is 1. The minimum atomic E-state index is 0.439.